The van der Waals surface area contributed by atoms with Crippen molar-refractivity contribution in [2.75, 3.05) is 0 Å². The Kier molecular flexibility index (Phi) is 6.36. The van der Waals surface area contributed by atoms with Crippen molar-refractivity contribution in [2.45, 2.75) is 50.6 Å². The molecule has 0 aliphatic carbocycles. The van der Waals surface area contributed by atoms with E-state index in [1.807, 2.05) is 11.3 Å². The summed E-state index contributed by atoms with van der Waals surface area (Å²) in [5.41, 5.74) is 2.47. The fourth-order valence-electron chi connectivity index (χ4n) is 2.64. The Hall–Kier alpha value is -1.11. The molecular weight excluding hydrogens is 414 g/mol. The molecule has 0 amide bonds. The number of thiophene rings is 1. The third-order valence-corrected chi connectivity index (χ3v) is 6.41. The lowest BCUT2D eigenvalue weighted by Crippen LogP contribution is -2.04. The van der Waals surface area contributed by atoms with Crippen LogP contribution in [-0.4, -0.2) is 14.8 Å². The van der Waals surface area contributed by atoms with Crippen molar-refractivity contribution in [1.82, 2.24) is 14.8 Å². The van der Waals surface area contributed by atoms with Crippen molar-refractivity contribution in [3.63, 3.8) is 0 Å². The van der Waals surface area contributed by atoms with Gasteiger partial charge in [0, 0.05) is 32.1 Å². The standard InChI is InChI=1S/C19H22BrN3S2/c1-4-5-17-10-15(12-24-17)18-21-22-19(23(18)13(2)3)25-11-14-6-8-16(20)9-7-14/h6-10,12-13H,4-5,11H2,1-3H3. The molecule has 6 heteroatoms. The summed E-state index contributed by atoms with van der Waals surface area (Å²) in [4.78, 5) is 1.42. The van der Waals surface area contributed by atoms with E-state index < -0.39 is 0 Å². The van der Waals surface area contributed by atoms with Gasteiger partial charge in [0.2, 0.25) is 0 Å². The highest BCUT2D eigenvalue weighted by Crippen LogP contribution is 2.32. The number of aryl methyl sites for hydroxylation is 1. The van der Waals surface area contributed by atoms with E-state index >= 15 is 0 Å². The fraction of sp³-hybridized carbons (Fsp3) is 0.368. The average molecular weight is 436 g/mol. The van der Waals surface area contributed by atoms with Gasteiger partial charge in [-0.1, -0.05) is 53.2 Å². The minimum absolute atomic E-state index is 0.326. The maximum Gasteiger partial charge on any atom is 0.192 e. The van der Waals surface area contributed by atoms with Crippen molar-refractivity contribution in [2.24, 2.45) is 0 Å². The van der Waals surface area contributed by atoms with E-state index in [-0.39, 0.29) is 0 Å². The summed E-state index contributed by atoms with van der Waals surface area (Å²) >= 11 is 7.04. The van der Waals surface area contributed by atoms with E-state index in [9.17, 15) is 0 Å². The largest absolute Gasteiger partial charge is 0.299 e. The summed E-state index contributed by atoms with van der Waals surface area (Å²) in [5.74, 6) is 1.87. The molecule has 0 bridgehead atoms. The first-order valence-electron chi connectivity index (χ1n) is 8.48. The van der Waals surface area contributed by atoms with Gasteiger partial charge in [-0.15, -0.1) is 21.5 Å². The molecule has 1 aromatic carbocycles. The van der Waals surface area contributed by atoms with Crippen LogP contribution in [0.15, 0.2) is 45.3 Å². The van der Waals surface area contributed by atoms with E-state index in [2.05, 4.69) is 87.2 Å². The lowest BCUT2D eigenvalue weighted by Gasteiger charge is -2.13. The fourth-order valence-corrected chi connectivity index (χ4v) is 4.90. The molecule has 0 saturated heterocycles. The van der Waals surface area contributed by atoms with Crippen molar-refractivity contribution < 1.29 is 0 Å². The van der Waals surface area contributed by atoms with Crippen molar-refractivity contribution >= 4 is 39.0 Å². The highest BCUT2D eigenvalue weighted by atomic mass is 79.9. The second kappa shape index (κ2) is 8.52. The van der Waals surface area contributed by atoms with Crippen LogP contribution in [0.5, 0.6) is 0 Å². The van der Waals surface area contributed by atoms with E-state index in [0.717, 1.165) is 27.6 Å². The molecule has 0 unspecified atom stereocenters. The van der Waals surface area contributed by atoms with Crippen LogP contribution < -0.4 is 0 Å². The van der Waals surface area contributed by atoms with Crippen LogP contribution in [0.1, 0.15) is 43.7 Å². The van der Waals surface area contributed by atoms with Gasteiger partial charge in [0.05, 0.1) is 0 Å². The number of thioether (sulfide) groups is 1. The number of hydrogen-bond donors (Lipinski definition) is 0. The van der Waals surface area contributed by atoms with Gasteiger partial charge in [0.25, 0.3) is 0 Å². The van der Waals surface area contributed by atoms with Crippen LogP contribution in [0.3, 0.4) is 0 Å². The van der Waals surface area contributed by atoms with Crippen LogP contribution >= 0.6 is 39.0 Å². The first kappa shape index (κ1) is 18.7. The molecule has 3 nitrogen and oxygen atoms in total. The molecule has 3 aromatic rings. The molecule has 0 radical (unpaired) electrons. The molecule has 0 N–H and O–H groups in total. The molecule has 0 aliphatic heterocycles. The number of benzene rings is 1. The molecular formula is C19H22BrN3S2. The Morgan fingerprint density at radius 3 is 2.64 bits per heavy atom. The second-order valence-electron chi connectivity index (χ2n) is 6.24. The number of hydrogen-bond acceptors (Lipinski definition) is 4. The Morgan fingerprint density at radius 1 is 1.20 bits per heavy atom. The maximum atomic E-state index is 4.50. The third-order valence-electron chi connectivity index (χ3n) is 3.87. The molecule has 25 heavy (non-hydrogen) atoms. The quantitative estimate of drug-likeness (QED) is 0.391. The number of rotatable bonds is 7. The van der Waals surface area contributed by atoms with Crippen LogP contribution in [0.4, 0.5) is 0 Å². The van der Waals surface area contributed by atoms with Gasteiger partial charge in [0.1, 0.15) is 0 Å². The topological polar surface area (TPSA) is 30.7 Å². The van der Waals surface area contributed by atoms with Crippen LogP contribution in [0.2, 0.25) is 0 Å². The predicted molar refractivity (Wildman–Crippen MR) is 111 cm³/mol. The Labute approximate surface area is 166 Å². The summed E-state index contributed by atoms with van der Waals surface area (Å²) in [6.45, 7) is 6.60. The SMILES string of the molecule is CCCc1cc(-c2nnc(SCc3ccc(Br)cc3)n2C(C)C)cs1. The minimum atomic E-state index is 0.326. The molecule has 3 rings (SSSR count). The van der Waals surface area contributed by atoms with Gasteiger partial charge >= 0.3 is 0 Å². The van der Waals surface area contributed by atoms with E-state index in [1.165, 1.54) is 22.4 Å². The van der Waals surface area contributed by atoms with Gasteiger partial charge in [-0.3, -0.25) is 4.57 Å². The van der Waals surface area contributed by atoms with Gasteiger partial charge in [-0.25, -0.2) is 0 Å². The molecule has 2 heterocycles. The molecule has 0 aliphatic rings. The first-order chi connectivity index (χ1) is 12.1. The zero-order chi connectivity index (χ0) is 17.8. The van der Waals surface area contributed by atoms with Gasteiger partial charge in [0.15, 0.2) is 11.0 Å². The summed E-state index contributed by atoms with van der Waals surface area (Å²) < 4.78 is 3.36. The molecule has 2 aromatic heterocycles. The van der Waals surface area contributed by atoms with Crippen molar-refractivity contribution in [3.05, 3.63) is 50.6 Å². The van der Waals surface area contributed by atoms with Gasteiger partial charge in [-0.05, 0) is 44.0 Å². The zero-order valence-corrected chi connectivity index (χ0v) is 17.9. The number of halogens is 1. The number of nitrogens with zero attached hydrogens (tertiary/aromatic N) is 3. The predicted octanol–water partition coefficient (Wildman–Crippen LogP) is 6.59. The highest BCUT2D eigenvalue weighted by Gasteiger charge is 2.18. The maximum absolute atomic E-state index is 4.50. The summed E-state index contributed by atoms with van der Waals surface area (Å²) in [6.07, 6.45) is 2.30. The molecule has 132 valence electrons. The zero-order valence-electron chi connectivity index (χ0n) is 14.7. The molecule has 0 spiro atoms. The minimum Gasteiger partial charge on any atom is -0.299 e. The van der Waals surface area contributed by atoms with E-state index in [1.54, 1.807) is 11.8 Å². The Balaban J connectivity index is 1.82. The van der Waals surface area contributed by atoms with E-state index in [0.29, 0.717) is 6.04 Å². The first-order valence-corrected chi connectivity index (χ1v) is 11.1. The smallest absolute Gasteiger partial charge is 0.192 e. The molecule has 0 atom stereocenters. The Bertz CT molecular complexity index is 822. The lowest BCUT2D eigenvalue weighted by atomic mass is 10.2. The summed E-state index contributed by atoms with van der Waals surface area (Å²) in [6, 6.07) is 11.0. The van der Waals surface area contributed by atoms with E-state index in [4.69, 9.17) is 0 Å². The van der Waals surface area contributed by atoms with Gasteiger partial charge < -0.3 is 0 Å². The van der Waals surface area contributed by atoms with Crippen LogP contribution in [-0.2, 0) is 12.2 Å². The van der Waals surface area contributed by atoms with Crippen molar-refractivity contribution in [1.29, 1.82) is 0 Å². The second-order valence-corrected chi connectivity index (χ2v) is 9.09. The van der Waals surface area contributed by atoms with Crippen LogP contribution in [0.25, 0.3) is 11.4 Å². The third kappa shape index (κ3) is 4.54. The number of aromatic nitrogens is 3. The normalized spacial score (nSPS) is 11.4. The molecule has 0 saturated carbocycles. The monoisotopic (exact) mass is 435 g/mol. The average Bonchev–Trinajstić information content (AvgIpc) is 3.21. The highest BCUT2D eigenvalue weighted by molar-refractivity contribution is 9.10. The summed E-state index contributed by atoms with van der Waals surface area (Å²) in [5, 5.41) is 12.2. The lowest BCUT2D eigenvalue weighted by molar-refractivity contribution is 0.555. The van der Waals surface area contributed by atoms with Crippen molar-refractivity contribution in [3.8, 4) is 11.4 Å². The van der Waals surface area contributed by atoms with Gasteiger partial charge in [-0.2, -0.15) is 0 Å². The molecule has 0 fully saturated rings. The Morgan fingerprint density at radius 2 is 1.96 bits per heavy atom. The summed E-state index contributed by atoms with van der Waals surface area (Å²) in [7, 11) is 0. The van der Waals surface area contributed by atoms with Crippen LogP contribution in [0, 0.1) is 0 Å².